The van der Waals surface area contributed by atoms with E-state index in [2.05, 4.69) is 20.9 Å². The maximum Gasteiger partial charge on any atom is 0.317 e. The molecule has 1 saturated carbocycles. The Kier molecular flexibility index (Phi) is 6.38. The number of carbonyl (C=O) groups excluding carboxylic acids is 4. The quantitative estimate of drug-likeness (QED) is 0.342. The molecule has 6 N–H and O–H groups in total. The van der Waals surface area contributed by atoms with Crippen molar-refractivity contribution in [1.29, 1.82) is 0 Å². The van der Waals surface area contributed by atoms with Gasteiger partial charge < -0.3 is 36.3 Å². The third-order valence-electron chi connectivity index (χ3n) is 5.98. The second-order valence-corrected chi connectivity index (χ2v) is 8.45. The molecule has 2 aromatic rings. The minimum Gasteiger partial charge on any atom is -0.496 e. The lowest BCUT2D eigenvalue weighted by Crippen LogP contribution is -2.56. The Balaban J connectivity index is 1.46. The lowest BCUT2D eigenvalue weighted by Gasteiger charge is -2.24. The summed E-state index contributed by atoms with van der Waals surface area (Å²) >= 11 is 0. The lowest BCUT2D eigenvalue weighted by atomic mass is 10.1. The Morgan fingerprint density at radius 3 is 2.67 bits per heavy atom. The van der Waals surface area contributed by atoms with Crippen LogP contribution in [0.2, 0.25) is 0 Å². The van der Waals surface area contributed by atoms with Crippen LogP contribution < -0.4 is 26.4 Å². The van der Waals surface area contributed by atoms with Gasteiger partial charge in [0, 0.05) is 24.0 Å². The van der Waals surface area contributed by atoms with Crippen LogP contribution in [0.4, 0.5) is 4.79 Å². The van der Waals surface area contributed by atoms with Crippen LogP contribution in [0.3, 0.4) is 0 Å². The Morgan fingerprint density at radius 2 is 2.03 bits per heavy atom. The molecule has 2 heterocycles. The molecular formula is C22H28N6O5. The first-order valence-electron chi connectivity index (χ1n) is 10.9. The van der Waals surface area contributed by atoms with Crippen molar-refractivity contribution in [1.82, 2.24) is 25.8 Å². The first-order chi connectivity index (χ1) is 15.9. The molecule has 2 atom stereocenters. The number of benzene rings is 1. The van der Waals surface area contributed by atoms with Gasteiger partial charge in [0.2, 0.25) is 11.8 Å². The number of aromatic nitrogens is 1. The number of hydrogen-bond acceptors (Lipinski definition) is 5. The maximum absolute atomic E-state index is 13.0. The van der Waals surface area contributed by atoms with Gasteiger partial charge in [-0.1, -0.05) is 18.9 Å². The van der Waals surface area contributed by atoms with E-state index in [9.17, 15) is 19.2 Å². The van der Waals surface area contributed by atoms with Crippen molar-refractivity contribution in [2.75, 3.05) is 26.7 Å². The van der Waals surface area contributed by atoms with Crippen LogP contribution in [0.15, 0.2) is 24.3 Å². The number of rotatable bonds is 10. The Labute approximate surface area is 190 Å². The smallest absolute Gasteiger partial charge is 0.317 e. The lowest BCUT2D eigenvalue weighted by molar-refractivity contribution is -0.128. The number of methoxy groups -OCH3 is 1. The third-order valence-corrected chi connectivity index (χ3v) is 5.98. The molecule has 0 spiro atoms. The number of ether oxygens (including phenoxy) is 1. The number of amides is 5. The third kappa shape index (κ3) is 5.18. The normalized spacial score (nSPS) is 17.4. The second-order valence-electron chi connectivity index (χ2n) is 8.45. The molecule has 2 fully saturated rings. The van der Waals surface area contributed by atoms with Crippen molar-refractivity contribution in [3.05, 3.63) is 30.0 Å². The number of aromatic amines is 1. The number of nitrogens with one attached hydrogen (secondary N) is 4. The second kappa shape index (κ2) is 9.39. The topological polar surface area (TPSA) is 159 Å². The Bertz CT molecular complexity index is 1080. The highest BCUT2D eigenvalue weighted by Gasteiger charge is 2.34. The van der Waals surface area contributed by atoms with Crippen molar-refractivity contribution in [3.63, 3.8) is 0 Å². The molecule has 11 nitrogen and oxygen atoms in total. The molecule has 2 aliphatic rings. The number of nitrogens with two attached hydrogens (primary N) is 1. The fraction of sp³-hybridized carbons (Fsp3) is 0.455. The van der Waals surface area contributed by atoms with Crippen molar-refractivity contribution >= 4 is 34.7 Å². The molecule has 1 aliphatic heterocycles. The van der Waals surface area contributed by atoms with E-state index >= 15 is 0 Å². The number of primary amides is 1. The minimum absolute atomic E-state index is 0.0290. The zero-order valence-electron chi connectivity index (χ0n) is 18.3. The number of H-pyrrole nitrogens is 1. The number of carbonyl (C=O) groups is 4. The van der Waals surface area contributed by atoms with E-state index in [-0.39, 0.29) is 12.6 Å². The van der Waals surface area contributed by atoms with Crippen molar-refractivity contribution in [3.8, 4) is 5.75 Å². The van der Waals surface area contributed by atoms with Crippen LogP contribution in [0.5, 0.6) is 5.75 Å². The zero-order valence-corrected chi connectivity index (χ0v) is 18.3. The molecule has 1 aromatic heterocycles. The molecule has 1 unspecified atom stereocenters. The molecule has 33 heavy (non-hydrogen) atoms. The molecule has 1 aromatic carbocycles. The predicted molar refractivity (Wildman–Crippen MR) is 120 cm³/mol. The average molecular weight is 457 g/mol. The van der Waals surface area contributed by atoms with Gasteiger partial charge >= 0.3 is 6.03 Å². The number of urea groups is 1. The zero-order chi connectivity index (χ0) is 23.5. The largest absolute Gasteiger partial charge is 0.496 e. The van der Waals surface area contributed by atoms with E-state index in [0.717, 1.165) is 23.7 Å². The highest BCUT2D eigenvalue weighted by Crippen LogP contribution is 2.33. The highest BCUT2D eigenvalue weighted by atomic mass is 16.5. The predicted octanol–water partition coefficient (Wildman–Crippen LogP) is 0.0703. The van der Waals surface area contributed by atoms with E-state index in [1.807, 2.05) is 12.1 Å². The van der Waals surface area contributed by atoms with Crippen LogP contribution >= 0.6 is 0 Å². The van der Waals surface area contributed by atoms with E-state index in [1.54, 1.807) is 19.2 Å². The fourth-order valence-electron chi connectivity index (χ4n) is 3.97. The van der Waals surface area contributed by atoms with E-state index in [0.29, 0.717) is 36.9 Å². The van der Waals surface area contributed by atoms with Crippen LogP contribution in [-0.4, -0.2) is 72.5 Å². The van der Waals surface area contributed by atoms with Crippen LogP contribution in [0.1, 0.15) is 29.8 Å². The molecule has 0 radical (unpaired) electrons. The van der Waals surface area contributed by atoms with Gasteiger partial charge in [-0.2, -0.15) is 0 Å². The summed E-state index contributed by atoms with van der Waals surface area (Å²) in [4.78, 5) is 54.2. The van der Waals surface area contributed by atoms with Gasteiger partial charge in [0.05, 0.1) is 13.7 Å². The standard InChI is InChI=1S/C22H28N6O5/c1-33-18-4-2-3-14-13(18)10-16(25-14)21(31)26-15(9-12-5-6-12)20(30)27-17(19(23)29)11-28-8-7-24-22(28)32/h2-4,10,12,15,17,25H,5-9,11H2,1H3,(H2,23,29)(H,24,32)(H,26,31)(H,27,30)/t15-,17?/m0/s1. The van der Waals surface area contributed by atoms with E-state index < -0.39 is 29.8 Å². The van der Waals surface area contributed by atoms with Gasteiger partial charge in [0.1, 0.15) is 23.5 Å². The van der Waals surface area contributed by atoms with Crippen molar-refractivity contribution in [2.45, 2.75) is 31.3 Å². The maximum atomic E-state index is 13.0. The van der Waals surface area contributed by atoms with Crippen molar-refractivity contribution in [2.24, 2.45) is 11.7 Å². The van der Waals surface area contributed by atoms with Crippen LogP contribution in [0, 0.1) is 5.92 Å². The number of hydrogen-bond donors (Lipinski definition) is 5. The van der Waals surface area contributed by atoms with E-state index in [1.165, 1.54) is 4.90 Å². The summed E-state index contributed by atoms with van der Waals surface area (Å²) in [6.45, 7) is 0.858. The average Bonchev–Trinajstić information content (AvgIpc) is 3.34. The molecule has 1 saturated heterocycles. The first kappa shape index (κ1) is 22.4. The summed E-state index contributed by atoms with van der Waals surface area (Å²) in [5, 5.41) is 8.80. The number of fused-ring (bicyclic) bond motifs is 1. The summed E-state index contributed by atoms with van der Waals surface area (Å²) in [6.07, 6.45) is 2.42. The van der Waals surface area contributed by atoms with Crippen LogP contribution in [0.25, 0.3) is 10.9 Å². The minimum atomic E-state index is -1.06. The summed E-state index contributed by atoms with van der Waals surface area (Å²) in [7, 11) is 1.55. The molecule has 176 valence electrons. The van der Waals surface area contributed by atoms with Crippen LogP contribution in [-0.2, 0) is 9.59 Å². The SMILES string of the molecule is COc1cccc2[nH]c(C(=O)N[C@@H](CC3CC3)C(=O)NC(CN3CCNC3=O)C(N)=O)cc12. The van der Waals surface area contributed by atoms with Gasteiger partial charge in [-0.15, -0.1) is 0 Å². The van der Waals surface area contributed by atoms with Crippen molar-refractivity contribution < 1.29 is 23.9 Å². The fourth-order valence-corrected chi connectivity index (χ4v) is 3.97. The summed E-state index contributed by atoms with van der Waals surface area (Å²) in [6, 6.07) is 4.90. The monoisotopic (exact) mass is 456 g/mol. The van der Waals surface area contributed by atoms with Gasteiger partial charge in [-0.25, -0.2) is 4.79 Å². The van der Waals surface area contributed by atoms with Gasteiger partial charge in [-0.05, 0) is 30.5 Å². The van der Waals surface area contributed by atoms with E-state index in [4.69, 9.17) is 10.5 Å². The van der Waals surface area contributed by atoms with Gasteiger partial charge in [0.15, 0.2) is 0 Å². The molecule has 1 aliphatic carbocycles. The molecular weight excluding hydrogens is 428 g/mol. The summed E-state index contributed by atoms with van der Waals surface area (Å²) < 4.78 is 5.34. The van der Waals surface area contributed by atoms with Gasteiger partial charge in [-0.3, -0.25) is 14.4 Å². The number of nitrogens with zero attached hydrogens (tertiary/aromatic N) is 1. The first-order valence-corrected chi connectivity index (χ1v) is 10.9. The Morgan fingerprint density at radius 1 is 1.24 bits per heavy atom. The molecule has 4 rings (SSSR count). The summed E-state index contributed by atoms with van der Waals surface area (Å²) in [5.74, 6) is -0.733. The molecule has 0 bridgehead atoms. The van der Waals surface area contributed by atoms with Gasteiger partial charge in [0.25, 0.3) is 5.91 Å². The molecule has 11 heteroatoms. The Hall–Kier alpha value is -3.76. The summed E-state index contributed by atoms with van der Waals surface area (Å²) in [5.41, 5.74) is 6.50. The molecule has 5 amide bonds. The highest BCUT2D eigenvalue weighted by molar-refractivity contribution is 6.01.